The molecule has 1 amide bonds. The van der Waals surface area contributed by atoms with Crippen LogP contribution in [0.25, 0.3) is 0 Å². The summed E-state index contributed by atoms with van der Waals surface area (Å²) < 4.78 is 0. The van der Waals surface area contributed by atoms with Crippen molar-refractivity contribution in [1.29, 1.82) is 0 Å². The zero-order chi connectivity index (χ0) is 12.0. The molecule has 0 saturated carbocycles. The van der Waals surface area contributed by atoms with Crippen LogP contribution in [-0.2, 0) is 9.59 Å². The lowest BCUT2D eigenvalue weighted by Gasteiger charge is -2.24. The molecule has 0 radical (unpaired) electrons. The van der Waals surface area contributed by atoms with Gasteiger partial charge >= 0.3 is 5.97 Å². The third kappa shape index (κ3) is 4.50. The number of nitrogens with zero attached hydrogens (tertiary/aromatic N) is 1. The third-order valence-corrected chi connectivity index (χ3v) is 2.31. The van der Waals surface area contributed by atoms with Crippen LogP contribution in [0.1, 0.15) is 20.8 Å². The maximum absolute atomic E-state index is 11.8. The summed E-state index contributed by atoms with van der Waals surface area (Å²) in [7, 11) is 0. The molecule has 84 valence electrons. The minimum Gasteiger partial charge on any atom is -0.480 e. The summed E-state index contributed by atoms with van der Waals surface area (Å²) in [5.74, 6) is 1.00. The number of carboxylic acid groups (broad SMARTS) is 1. The van der Waals surface area contributed by atoms with Gasteiger partial charge in [-0.25, -0.2) is 0 Å². The molecule has 0 aromatic carbocycles. The summed E-state index contributed by atoms with van der Waals surface area (Å²) in [5, 5.41) is 8.62. The van der Waals surface area contributed by atoms with Crippen molar-refractivity contribution in [3.63, 3.8) is 0 Å². The number of hydrogen-bond donors (Lipinski definition) is 1. The molecular weight excluding hydrogens is 194 g/mol. The second kappa shape index (κ2) is 6.07. The molecule has 15 heavy (non-hydrogen) atoms. The first-order valence-electron chi connectivity index (χ1n) is 4.84. The number of carboxylic acids is 1. The summed E-state index contributed by atoms with van der Waals surface area (Å²) >= 11 is 0. The fraction of sp³-hybridized carbons (Fsp3) is 0.636. The number of carbonyl (C=O) groups is 2. The van der Waals surface area contributed by atoms with Crippen LogP contribution in [0.4, 0.5) is 0 Å². The Balaban J connectivity index is 4.55. The number of amides is 1. The number of terminal acetylenes is 1. The first-order chi connectivity index (χ1) is 6.90. The summed E-state index contributed by atoms with van der Waals surface area (Å²) in [6.45, 7) is 5.31. The molecular formula is C11H17NO3. The molecule has 4 nitrogen and oxygen atoms in total. The van der Waals surface area contributed by atoms with E-state index in [4.69, 9.17) is 11.5 Å². The highest BCUT2D eigenvalue weighted by molar-refractivity contribution is 5.83. The van der Waals surface area contributed by atoms with Crippen LogP contribution in [-0.4, -0.2) is 35.0 Å². The lowest BCUT2D eigenvalue weighted by atomic mass is 9.96. The highest BCUT2D eigenvalue weighted by Crippen LogP contribution is 2.12. The van der Waals surface area contributed by atoms with E-state index in [0.717, 1.165) is 0 Å². The van der Waals surface area contributed by atoms with Crippen molar-refractivity contribution in [2.75, 3.05) is 13.1 Å². The van der Waals surface area contributed by atoms with Crippen molar-refractivity contribution >= 4 is 11.9 Å². The average molecular weight is 211 g/mol. The Morgan fingerprint density at radius 3 is 2.27 bits per heavy atom. The number of carbonyl (C=O) groups excluding carboxylic acids is 1. The molecule has 0 heterocycles. The molecule has 0 aliphatic rings. The second-order valence-electron chi connectivity index (χ2n) is 3.82. The molecule has 0 aromatic rings. The van der Waals surface area contributed by atoms with Gasteiger partial charge in [0.05, 0.1) is 6.54 Å². The molecule has 0 rings (SSSR count). The van der Waals surface area contributed by atoms with Gasteiger partial charge in [0.25, 0.3) is 0 Å². The average Bonchev–Trinajstić information content (AvgIpc) is 2.14. The Labute approximate surface area is 90.3 Å². The van der Waals surface area contributed by atoms with Crippen molar-refractivity contribution < 1.29 is 14.7 Å². The van der Waals surface area contributed by atoms with Gasteiger partial charge in [0, 0.05) is 5.92 Å². The van der Waals surface area contributed by atoms with Crippen LogP contribution in [0.15, 0.2) is 0 Å². The summed E-state index contributed by atoms with van der Waals surface area (Å²) in [6.07, 6.45) is 5.08. The fourth-order valence-electron chi connectivity index (χ4n) is 1.06. The third-order valence-electron chi connectivity index (χ3n) is 2.31. The Bertz CT molecular complexity index is 278. The highest BCUT2D eigenvalue weighted by Gasteiger charge is 2.23. The Hall–Kier alpha value is -1.50. The molecule has 0 aliphatic carbocycles. The van der Waals surface area contributed by atoms with Gasteiger partial charge < -0.3 is 10.0 Å². The standard InChI is InChI=1S/C11H17NO3/c1-5-6-12(7-10(13)14)11(15)9(4)8(2)3/h1,8-9H,6-7H2,2-4H3,(H,13,14). The van der Waals surface area contributed by atoms with Gasteiger partial charge in [-0.1, -0.05) is 26.7 Å². The zero-order valence-corrected chi connectivity index (χ0v) is 9.36. The molecule has 4 heteroatoms. The molecule has 0 aliphatic heterocycles. The van der Waals surface area contributed by atoms with E-state index < -0.39 is 5.97 Å². The van der Waals surface area contributed by atoms with E-state index in [0.29, 0.717) is 0 Å². The van der Waals surface area contributed by atoms with Crippen LogP contribution in [0.5, 0.6) is 0 Å². The van der Waals surface area contributed by atoms with Crippen LogP contribution in [0.3, 0.4) is 0 Å². The van der Waals surface area contributed by atoms with Gasteiger partial charge in [0.1, 0.15) is 6.54 Å². The minimum atomic E-state index is -1.05. The first-order valence-corrected chi connectivity index (χ1v) is 4.84. The highest BCUT2D eigenvalue weighted by atomic mass is 16.4. The molecule has 1 unspecified atom stereocenters. The lowest BCUT2D eigenvalue weighted by molar-refractivity contribution is -0.146. The Kier molecular flexibility index (Phi) is 5.46. The molecule has 1 atom stereocenters. The molecule has 0 spiro atoms. The van der Waals surface area contributed by atoms with Crippen molar-refractivity contribution in [2.45, 2.75) is 20.8 Å². The number of aliphatic carboxylic acids is 1. The molecule has 0 saturated heterocycles. The van der Waals surface area contributed by atoms with Crippen molar-refractivity contribution in [2.24, 2.45) is 11.8 Å². The van der Waals surface area contributed by atoms with Crippen LogP contribution >= 0.6 is 0 Å². The smallest absolute Gasteiger partial charge is 0.323 e. The zero-order valence-electron chi connectivity index (χ0n) is 9.36. The van der Waals surface area contributed by atoms with Crippen LogP contribution in [0.2, 0.25) is 0 Å². The summed E-state index contributed by atoms with van der Waals surface area (Å²) in [4.78, 5) is 23.5. The van der Waals surface area contributed by atoms with Crippen molar-refractivity contribution in [3.05, 3.63) is 0 Å². The minimum absolute atomic E-state index is 0.0438. The van der Waals surface area contributed by atoms with E-state index in [1.807, 2.05) is 13.8 Å². The second-order valence-corrected chi connectivity index (χ2v) is 3.82. The predicted molar refractivity (Wildman–Crippen MR) is 57.1 cm³/mol. The quantitative estimate of drug-likeness (QED) is 0.685. The molecule has 1 N–H and O–H groups in total. The predicted octanol–water partition coefficient (Wildman–Crippen LogP) is 0.825. The maximum Gasteiger partial charge on any atom is 0.323 e. The van der Waals surface area contributed by atoms with E-state index in [9.17, 15) is 9.59 Å². The summed E-state index contributed by atoms with van der Waals surface area (Å²) in [6, 6.07) is 0. The molecule has 0 aromatic heterocycles. The van der Waals surface area contributed by atoms with Gasteiger partial charge in [-0.3, -0.25) is 9.59 Å². The first kappa shape index (κ1) is 13.5. The van der Waals surface area contributed by atoms with E-state index in [1.165, 1.54) is 4.90 Å². The monoisotopic (exact) mass is 211 g/mol. The largest absolute Gasteiger partial charge is 0.480 e. The van der Waals surface area contributed by atoms with Gasteiger partial charge in [-0.15, -0.1) is 6.42 Å². The topological polar surface area (TPSA) is 57.6 Å². The van der Waals surface area contributed by atoms with Crippen molar-refractivity contribution in [3.8, 4) is 12.3 Å². The molecule has 0 bridgehead atoms. The number of rotatable bonds is 5. The fourth-order valence-corrected chi connectivity index (χ4v) is 1.06. The Morgan fingerprint density at radius 2 is 1.93 bits per heavy atom. The Morgan fingerprint density at radius 1 is 1.40 bits per heavy atom. The lowest BCUT2D eigenvalue weighted by Crippen LogP contribution is -2.40. The van der Waals surface area contributed by atoms with E-state index in [-0.39, 0.29) is 30.8 Å². The normalized spacial score (nSPS) is 11.9. The SMILES string of the molecule is C#CCN(CC(=O)O)C(=O)C(C)C(C)C. The van der Waals surface area contributed by atoms with Gasteiger partial charge in [-0.05, 0) is 5.92 Å². The number of hydrogen-bond acceptors (Lipinski definition) is 2. The van der Waals surface area contributed by atoms with Gasteiger partial charge in [0.2, 0.25) is 5.91 Å². The maximum atomic E-state index is 11.8. The van der Waals surface area contributed by atoms with E-state index in [2.05, 4.69) is 5.92 Å². The summed E-state index contributed by atoms with van der Waals surface area (Å²) in [5.41, 5.74) is 0. The van der Waals surface area contributed by atoms with Gasteiger partial charge in [-0.2, -0.15) is 0 Å². The van der Waals surface area contributed by atoms with Crippen LogP contribution < -0.4 is 0 Å². The van der Waals surface area contributed by atoms with Crippen LogP contribution in [0, 0.1) is 24.2 Å². The van der Waals surface area contributed by atoms with Gasteiger partial charge in [0.15, 0.2) is 0 Å². The van der Waals surface area contributed by atoms with Crippen molar-refractivity contribution in [1.82, 2.24) is 4.90 Å². The van der Waals surface area contributed by atoms with E-state index >= 15 is 0 Å². The molecule has 0 fully saturated rings. The van der Waals surface area contributed by atoms with E-state index in [1.54, 1.807) is 6.92 Å².